The number of amidine groups is 1. The summed E-state index contributed by atoms with van der Waals surface area (Å²) < 4.78 is 5.24. The van der Waals surface area contributed by atoms with Gasteiger partial charge in [0, 0.05) is 13.0 Å². The average Bonchev–Trinajstić information content (AvgIpc) is 2.81. The molecule has 0 aromatic heterocycles. The number of aliphatic imine (C=N–C) groups is 1. The van der Waals surface area contributed by atoms with Crippen LogP contribution in [-0.2, 0) is 6.42 Å². The van der Waals surface area contributed by atoms with Crippen LogP contribution in [-0.4, -0.2) is 38.1 Å². The maximum absolute atomic E-state index is 5.24. The molecule has 3 rings (SSSR count). The average molecular weight is 245 g/mol. The van der Waals surface area contributed by atoms with Gasteiger partial charge in [-0.1, -0.05) is 12.1 Å². The molecule has 0 saturated carbocycles. The molecule has 1 saturated heterocycles. The summed E-state index contributed by atoms with van der Waals surface area (Å²) in [5.74, 6) is 2.02. The molecule has 0 aliphatic carbocycles. The zero-order valence-corrected chi connectivity index (χ0v) is 10.6. The van der Waals surface area contributed by atoms with Gasteiger partial charge in [-0.3, -0.25) is 4.99 Å². The number of nitrogens with zero attached hydrogens (tertiary/aromatic N) is 1. The van der Waals surface area contributed by atoms with Gasteiger partial charge in [-0.25, -0.2) is 0 Å². The van der Waals surface area contributed by atoms with Crippen molar-refractivity contribution in [2.45, 2.75) is 24.9 Å². The fourth-order valence-corrected chi connectivity index (χ4v) is 2.67. The highest BCUT2D eigenvalue weighted by molar-refractivity contribution is 5.86. The van der Waals surface area contributed by atoms with Gasteiger partial charge in [0.05, 0.1) is 19.2 Å². The van der Waals surface area contributed by atoms with Crippen molar-refractivity contribution >= 4 is 5.84 Å². The van der Waals surface area contributed by atoms with E-state index in [-0.39, 0.29) is 0 Å². The summed E-state index contributed by atoms with van der Waals surface area (Å²) in [6.07, 6.45) is 2.00. The molecule has 1 aromatic rings. The number of rotatable bonds is 3. The number of piperidine rings is 1. The lowest BCUT2D eigenvalue weighted by atomic mass is 10.0. The van der Waals surface area contributed by atoms with Crippen molar-refractivity contribution in [3.05, 3.63) is 29.8 Å². The summed E-state index contributed by atoms with van der Waals surface area (Å²) in [4.78, 5) is 4.79. The number of methoxy groups -OCH3 is 1. The first-order valence-electron chi connectivity index (χ1n) is 6.52. The maximum Gasteiger partial charge on any atom is 0.119 e. The van der Waals surface area contributed by atoms with Gasteiger partial charge in [0.2, 0.25) is 0 Å². The van der Waals surface area contributed by atoms with Crippen molar-refractivity contribution in [1.82, 2.24) is 10.6 Å². The number of ether oxygens (including phenoxy) is 1. The molecule has 96 valence electrons. The first kappa shape index (κ1) is 11.5. The predicted octanol–water partition coefficient (Wildman–Crippen LogP) is 0.970. The van der Waals surface area contributed by atoms with Crippen molar-refractivity contribution in [3.63, 3.8) is 0 Å². The van der Waals surface area contributed by atoms with Crippen molar-refractivity contribution in [2.75, 3.05) is 20.2 Å². The van der Waals surface area contributed by atoms with E-state index in [1.165, 1.54) is 5.56 Å². The molecule has 2 aliphatic rings. The minimum atomic E-state index is 0.465. The van der Waals surface area contributed by atoms with Crippen LogP contribution in [0.25, 0.3) is 0 Å². The summed E-state index contributed by atoms with van der Waals surface area (Å²) >= 11 is 0. The van der Waals surface area contributed by atoms with Crippen LogP contribution in [0.2, 0.25) is 0 Å². The van der Waals surface area contributed by atoms with Crippen molar-refractivity contribution in [3.8, 4) is 5.75 Å². The quantitative estimate of drug-likeness (QED) is 0.834. The number of nitrogens with one attached hydrogen (secondary N) is 2. The third kappa shape index (κ3) is 2.34. The summed E-state index contributed by atoms with van der Waals surface area (Å²) in [5, 5.41) is 6.93. The zero-order chi connectivity index (χ0) is 12.4. The molecule has 0 bridgehead atoms. The van der Waals surface area contributed by atoms with Crippen LogP contribution >= 0.6 is 0 Å². The van der Waals surface area contributed by atoms with E-state index in [4.69, 9.17) is 9.73 Å². The van der Waals surface area contributed by atoms with Crippen LogP contribution in [0.5, 0.6) is 5.75 Å². The molecule has 0 amide bonds. The van der Waals surface area contributed by atoms with E-state index in [9.17, 15) is 0 Å². The standard InChI is InChI=1S/C14H19N3O/c1-18-11-4-2-3-10(7-11)8-14-16-12-5-6-15-9-13(12)17-14/h2-4,7,12-13,15H,5-6,8-9H2,1H3,(H,16,17). The number of benzene rings is 1. The largest absolute Gasteiger partial charge is 0.497 e. The fourth-order valence-electron chi connectivity index (χ4n) is 2.67. The Morgan fingerprint density at radius 3 is 3.22 bits per heavy atom. The molecule has 4 heteroatoms. The molecule has 2 aliphatic heterocycles. The molecular formula is C14H19N3O. The van der Waals surface area contributed by atoms with Crippen LogP contribution < -0.4 is 15.4 Å². The Morgan fingerprint density at radius 2 is 2.39 bits per heavy atom. The summed E-state index contributed by atoms with van der Waals surface area (Å²) in [7, 11) is 1.70. The molecule has 1 aromatic carbocycles. The second-order valence-corrected chi connectivity index (χ2v) is 4.92. The van der Waals surface area contributed by atoms with Gasteiger partial charge >= 0.3 is 0 Å². The van der Waals surface area contributed by atoms with Crippen molar-refractivity contribution in [1.29, 1.82) is 0 Å². The molecule has 0 spiro atoms. The lowest BCUT2D eigenvalue weighted by Crippen LogP contribution is -2.48. The Bertz CT molecular complexity index is 458. The van der Waals surface area contributed by atoms with Crippen LogP contribution in [0.3, 0.4) is 0 Å². The van der Waals surface area contributed by atoms with Crippen LogP contribution in [0.15, 0.2) is 29.3 Å². The molecule has 2 heterocycles. The SMILES string of the molecule is COc1cccc(CC2=NC3CCNCC3N2)c1. The van der Waals surface area contributed by atoms with Gasteiger partial charge in [-0.15, -0.1) is 0 Å². The lowest BCUT2D eigenvalue weighted by molar-refractivity contribution is 0.402. The first-order chi connectivity index (χ1) is 8.85. The smallest absolute Gasteiger partial charge is 0.119 e. The topological polar surface area (TPSA) is 45.6 Å². The second kappa shape index (κ2) is 4.98. The highest BCUT2D eigenvalue weighted by Crippen LogP contribution is 2.17. The highest BCUT2D eigenvalue weighted by Gasteiger charge is 2.30. The Balaban J connectivity index is 1.69. The van der Waals surface area contributed by atoms with Crippen LogP contribution in [0.1, 0.15) is 12.0 Å². The van der Waals surface area contributed by atoms with Gasteiger partial charge in [0.25, 0.3) is 0 Å². The number of hydrogen-bond acceptors (Lipinski definition) is 4. The molecule has 2 atom stereocenters. The van der Waals surface area contributed by atoms with E-state index >= 15 is 0 Å². The third-order valence-corrected chi connectivity index (χ3v) is 3.62. The molecule has 4 nitrogen and oxygen atoms in total. The molecule has 0 radical (unpaired) electrons. The minimum Gasteiger partial charge on any atom is -0.497 e. The summed E-state index contributed by atoms with van der Waals surface area (Å²) in [5.41, 5.74) is 1.24. The second-order valence-electron chi connectivity index (χ2n) is 4.92. The molecule has 18 heavy (non-hydrogen) atoms. The minimum absolute atomic E-state index is 0.465. The Labute approximate surface area is 107 Å². The number of hydrogen-bond donors (Lipinski definition) is 2. The fraction of sp³-hybridized carbons (Fsp3) is 0.500. The summed E-state index contributed by atoms with van der Waals surface area (Å²) in [6, 6.07) is 9.14. The van der Waals surface area contributed by atoms with Crippen LogP contribution in [0.4, 0.5) is 0 Å². The maximum atomic E-state index is 5.24. The number of fused-ring (bicyclic) bond motifs is 1. The van der Waals surface area contributed by atoms with Gasteiger partial charge in [0.1, 0.15) is 11.6 Å². The molecule has 2 unspecified atom stereocenters. The van der Waals surface area contributed by atoms with E-state index in [2.05, 4.69) is 22.8 Å². The van der Waals surface area contributed by atoms with Crippen molar-refractivity contribution in [2.24, 2.45) is 4.99 Å². The molecular weight excluding hydrogens is 226 g/mol. The van der Waals surface area contributed by atoms with E-state index in [0.29, 0.717) is 12.1 Å². The van der Waals surface area contributed by atoms with E-state index < -0.39 is 0 Å². The zero-order valence-electron chi connectivity index (χ0n) is 10.6. The van der Waals surface area contributed by atoms with Crippen molar-refractivity contribution < 1.29 is 4.74 Å². The van der Waals surface area contributed by atoms with Crippen LogP contribution in [0, 0.1) is 0 Å². The first-order valence-corrected chi connectivity index (χ1v) is 6.52. The predicted molar refractivity (Wildman–Crippen MR) is 72.3 cm³/mol. The van der Waals surface area contributed by atoms with E-state index in [0.717, 1.165) is 37.5 Å². The van der Waals surface area contributed by atoms with E-state index in [1.54, 1.807) is 7.11 Å². The lowest BCUT2D eigenvalue weighted by Gasteiger charge is -2.24. The normalized spacial score (nSPS) is 26.2. The van der Waals surface area contributed by atoms with Gasteiger partial charge < -0.3 is 15.4 Å². The van der Waals surface area contributed by atoms with Gasteiger partial charge in [-0.05, 0) is 30.7 Å². The Kier molecular flexibility index (Phi) is 3.19. The van der Waals surface area contributed by atoms with Gasteiger partial charge in [0.15, 0.2) is 0 Å². The summed E-state index contributed by atoms with van der Waals surface area (Å²) in [6.45, 7) is 2.11. The molecule has 1 fully saturated rings. The third-order valence-electron chi connectivity index (χ3n) is 3.62. The molecule has 2 N–H and O–H groups in total. The van der Waals surface area contributed by atoms with E-state index in [1.807, 2.05) is 12.1 Å². The monoisotopic (exact) mass is 245 g/mol. The highest BCUT2D eigenvalue weighted by atomic mass is 16.5. The van der Waals surface area contributed by atoms with Gasteiger partial charge in [-0.2, -0.15) is 0 Å². The Morgan fingerprint density at radius 1 is 1.44 bits per heavy atom. The Hall–Kier alpha value is -1.55.